The number of nitrogen functional groups attached to an aromatic ring is 1. The fourth-order valence-electron chi connectivity index (χ4n) is 1.68. The number of rotatable bonds is 1. The Morgan fingerprint density at radius 1 is 1.33 bits per heavy atom. The van der Waals surface area contributed by atoms with E-state index in [0.29, 0.717) is 26.2 Å². The molecule has 2 aromatic heterocycles. The number of anilines is 1. The van der Waals surface area contributed by atoms with Gasteiger partial charge in [0.1, 0.15) is 5.58 Å². The number of nitrogens with two attached hydrogens (primary N) is 1. The second-order valence-corrected chi connectivity index (χ2v) is 5.19. The number of benzene rings is 1. The van der Waals surface area contributed by atoms with E-state index in [4.69, 9.17) is 21.8 Å². The number of fused-ring (bicyclic) bond motifs is 1. The summed E-state index contributed by atoms with van der Waals surface area (Å²) in [5, 5.41) is 1.77. The van der Waals surface area contributed by atoms with Gasteiger partial charge in [0.25, 0.3) is 0 Å². The normalized spacial score (nSPS) is 10.9. The van der Waals surface area contributed by atoms with Crippen LogP contribution < -0.4 is 11.4 Å². The molecule has 0 fully saturated rings. The molecule has 1 aromatic carbocycles. The minimum absolute atomic E-state index is 0.409. The first-order valence-electron chi connectivity index (χ1n) is 5.08. The average molecular weight is 279 g/mol. The molecule has 18 heavy (non-hydrogen) atoms. The maximum absolute atomic E-state index is 11.9. The Hall–Kier alpha value is -1.85. The molecule has 90 valence electrons. The third kappa shape index (κ3) is 1.87. The molecule has 0 bridgehead atoms. The van der Waals surface area contributed by atoms with E-state index in [1.807, 2.05) is 0 Å². The van der Waals surface area contributed by atoms with E-state index in [1.165, 1.54) is 11.3 Å². The smallest absolute Gasteiger partial charge is 0.345 e. The Labute approximate surface area is 111 Å². The standard InChI is InChI=1S/C12H7ClN2O2S/c13-7-1-2-9-6(3-7)4-8(11(16)17-9)10-5-15-12(14)18-10/h1-5H,(H2,14,15). The predicted octanol–water partition coefficient (Wildman–Crippen LogP) is 3.15. The molecule has 0 aliphatic carbocycles. The number of thiazole rings is 1. The van der Waals surface area contributed by atoms with E-state index in [0.717, 1.165) is 5.39 Å². The highest BCUT2D eigenvalue weighted by atomic mass is 35.5. The van der Waals surface area contributed by atoms with Crippen LogP contribution in [0.1, 0.15) is 0 Å². The molecule has 0 radical (unpaired) electrons. The summed E-state index contributed by atoms with van der Waals surface area (Å²) in [6, 6.07) is 6.83. The fraction of sp³-hybridized carbons (Fsp3) is 0. The zero-order chi connectivity index (χ0) is 12.7. The van der Waals surface area contributed by atoms with Crippen LogP contribution in [-0.4, -0.2) is 4.98 Å². The minimum atomic E-state index is -0.409. The lowest BCUT2D eigenvalue weighted by molar-refractivity contribution is 0.563. The molecule has 0 saturated carbocycles. The van der Waals surface area contributed by atoms with E-state index in [9.17, 15) is 4.79 Å². The molecule has 0 saturated heterocycles. The highest BCUT2D eigenvalue weighted by molar-refractivity contribution is 7.18. The summed E-state index contributed by atoms with van der Waals surface area (Å²) in [5.41, 5.74) is 6.10. The largest absolute Gasteiger partial charge is 0.422 e. The van der Waals surface area contributed by atoms with Crippen LogP contribution in [0.15, 0.2) is 39.7 Å². The Morgan fingerprint density at radius 2 is 2.17 bits per heavy atom. The van der Waals surface area contributed by atoms with Gasteiger partial charge in [0.2, 0.25) is 0 Å². The topological polar surface area (TPSA) is 69.1 Å². The zero-order valence-electron chi connectivity index (χ0n) is 9.01. The first kappa shape index (κ1) is 11.3. The van der Waals surface area contributed by atoms with Crippen LogP contribution in [-0.2, 0) is 0 Å². The van der Waals surface area contributed by atoms with Crippen molar-refractivity contribution >= 4 is 39.0 Å². The van der Waals surface area contributed by atoms with Gasteiger partial charge in [-0.05, 0) is 24.3 Å². The van der Waals surface area contributed by atoms with E-state index >= 15 is 0 Å². The van der Waals surface area contributed by atoms with Crippen molar-refractivity contribution in [3.05, 3.63) is 45.9 Å². The van der Waals surface area contributed by atoms with Crippen LogP contribution in [0, 0.1) is 0 Å². The lowest BCUT2D eigenvalue weighted by Crippen LogP contribution is -2.01. The number of halogens is 1. The molecule has 0 aliphatic heterocycles. The molecular formula is C12H7ClN2O2S. The third-order valence-corrected chi connectivity index (χ3v) is 3.58. The first-order chi connectivity index (χ1) is 8.63. The molecule has 0 atom stereocenters. The molecule has 0 spiro atoms. The Morgan fingerprint density at radius 3 is 2.89 bits per heavy atom. The average Bonchev–Trinajstić information content (AvgIpc) is 2.75. The van der Waals surface area contributed by atoms with Gasteiger partial charge in [-0.25, -0.2) is 9.78 Å². The van der Waals surface area contributed by atoms with Crippen molar-refractivity contribution in [3.63, 3.8) is 0 Å². The van der Waals surface area contributed by atoms with Crippen LogP contribution in [0.5, 0.6) is 0 Å². The summed E-state index contributed by atoms with van der Waals surface area (Å²) >= 11 is 7.15. The van der Waals surface area contributed by atoms with Gasteiger partial charge in [-0.15, -0.1) is 0 Å². The summed E-state index contributed by atoms with van der Waals surface area (Å²) in [6.07, 6.45) is 1.56. The maximum atomic E-state index is 11.9. The molecule has 3 rings (SSSR count). The third-order valence-electron chi connectivity index (χ3n) is 2.48. The van der Waals surface area contributed by atoms with Crippen molar-refractivity contribution in [2.24, 2.45) is 0 Å². The molecular weight excluding hydrogens is 272 g/mol. The van der Waals surface area contributed by atoms with E-state index in [-0.39, 0.29) is 0 Å². The van der Waals surface area contributed by atoms with Crippen molar-refractivity contribution in [2.45, 2.75) is 0 Å². The zero-order valence-corrected chi connectivity index (χ0v) is 10.6. The minimum Gasteiger partial charge on any atom is -0.422 e. The number of nitrogens with zero attached hydrogens (tertiary/aromatic N) is 1. The van der Waals surface area contributed by atoms with Crippen molar-refractivity contribution in [2.75, 3.05) is 5.73 Å². The molecule has 3 aromatic rings. The highest BCUT2D eigenvalue weighted by Gasteiger charge is 2.10. The Bertz CT molecular complexity index is 794. The number of hydrogen-bond donors (Lipinski definition) is 1. The summed E-state index contributed by atoms with van der Waals surface area (Å²) in [4.78, 5) is 16.5. The molecule has 0 unspecified atom stereocenters. The van der Waals surface area contributed by atoms with Gasteiger partial charge in [-0.2, -0.15) is 0 Å². The van der Waals surface area contributed by atoms with E-state index in [1.54, 1.807) is 30.5 Å². The monoisotopic (exact) mass is 278 g/mol. The lowest BCUT2D eigenvalue weighted by Gasteiger charge is -2.00. The lowest BCUT2D eigenvalue weighted by atomic mass is 10.2. The van der Waals surface area contributed by atoms with Crippen molar-refractivity contribution in [1.29, 1.82) is 0 Å². The molecule has 0 amide bonds. The van der Waals surface area contributed by atoms with Crippen molar-refractivity contribution in [1.82, 2.24) is 4.98 Å². The fourth-order valence-corrected chi connectivity index (χ4v) is 2.55. The molecule has 6 heteroatoms. The van der Waals surface area contributed by atoms with Crippen LogP contribution in [0.2, 0.25) is 5.02 Å². The molecule has 2 N–H and O–H groups in total. The quantitative estimate of drug-likeness (QED) is 0.694. The van der Waals surface area contributed by atoms with E-state index < -0.39 is 5.63 Å². The Kier molecular flexibility index (Phi) is 2.57. The second kappa shape index (κ2) is 4.12. The van der Waals surface area contributed by atoms with Crippen LogP contribution in [0.3, 0.4) is 0 Å². The van der Waals surface area contributed by atoms with Crippen molar-refractivity contribution < 1.29 is 4.42 Å². The summed E-state index contributed by atoms with van der Waals surface area (Å²) in [7, 11) is 0. The van der Waals surface area contributed by atoms with Gasteiger partial charge in [0.05, 0.1) is 10.4 Å². The van der Waals surface area contributed by atoms with Crippen molar-refractivity contribution in [3.8, 4) is 10.4 Å². The molecule has 4 nitrogen and oxygen atoms in total. The van der Waals surface area contributed by atoms with Gasteiger partial charge in [0, 0.05) is 16.6 Å². The van der Waals surface area contributed by atoms with Crippen LogP contribution in [0.4, 0.5) is 5.13 Å². The molecule has 0 aliphatic rings. The second-order valence-electron chi connectivity index (χ2n) is 3.69. The summed E-state index contributed by atoms with van der Waals surface area (Å²) in [6.45, 7) is 0. The van der Waals surface area contributed by atoms with Crippen LogP contribution >= 0.6 is 22.9 Å². The SMILES string of the molecule is Nc1ncc(-c2cc3cc(Cl)ccc3oc2=O)s1. The van der Waals surface area contributed by atoms with E-state index in [2.05, 4.69) is 4.98 Å². The first-order valence-corrected chi connectivity index (χ1v) is 6.28. The van der Waals surface area contributed by atoms with Gasteiger partial charge in [-0.1, -0.05) is 22.9 Å². The van der Waals surface area contributed by atoms with Gasteiger partial charge in [-0.3, -0.25) is 0 Å². The summed E-state index contributed by atoms with van der Waals surface area (Å²) in [5.74, 6) is 0. The molecule has 2 heterocycles. The van der Waals surface area contributed by atoms with Gasteiger partial charge in [0.15, 0.2) is 5.13 Å². The maximum Gasteiger partial charge on any atom is 0.345 e. The number of aromatic nitrogens is 1. The van der Waals surface area contributed by atoms with Gasteiger partial charge >= 0.3 is 5.63 Å². The highest BCUT2D eigenvalue weighted by Crippen LogP contribution is 2.28. The Balaban J connectivity index is 2.29. The van der Waals surface area contributed by atoms with Crippen LogP contribution in [0.25, 0.3) is 21.4 Å². The van der Waals surface area contributed by atoms with Gasteiger partial charge < -0.3 is 10.2 Å². The number of hydrogen-bond acceptors (Lipinski definition) is 5. The predicted molar refractivity (Wildman–Crippen MR) is 73.0 cm³/mol. The summed E-state index contributed by atoms with van der Waals surface area (Å²) < 4.78 is 5.24.